The SMILES string of the molecule is CCCN(C(=O)c1ccco1)C(C)c1nc2ccccc2c(=O)n1-c1cc(OC)cc(OC)c1Br. The maximum atomic E-state index is 13.9. The molecule has 182 valence electrons. The van der Waals surface area contributed by atoms with Crippen LogP contribution in [-0.2, 0) is 0 Å². The van der Waals surface area contributed by atoms with Gasteiger partial charge in [0.25, 0.3) is 11.5 Å². The predicted molar refractivity (Wildman–Crippen MR) is 137 cm³/mol. The number of nitrogens with zero attached hydrogens (tertiary/aromatic N) is 3. The van der Waals surface area contributed by atoms with Gasteiger partial charge in [-0.15, -0.1) is 0 Å². The van der Waals surface area contributed by atoms with Gasteiger partial charge in [-0.05, 0) is 53.5 Å². The van der Waals surface area contributed by atoms with Crippen molar-refractivity contribution in [2.24, 2.45) is 0 Å². The molecule has 0 fully saturated rings. The Morgan fingerprint density at radius 2 is 1.94 bits per heavy atom. The molecule has 1 atom stereocenters. The summed E-state index contributed by atoms with van der Waals surface area (Å²) in [5, 5.41) is 0.455. The number of amides is 1. The van der Waals surface area contributed by atoms with Gasteiger partial charge in [0.1, 0.15) is 17.3 Å². The second-order valence-electron chi connectivity index (χ2n) is 7.94. The quantitative estimate of drug-likeness (QED) is 0.299. The molecule has 0 saturated carbocycles. The average Bonchev–Trinajstić information content (AvgIpc) is 3.42. The molecule has 0 aliphatic rings. The van der Waals surface area contributed by atoms with Crippen LogP contribution in [-0.4, -0.2) is 41.1 Å². The number of benzene rings is 2. The van der Waals surface area contributed by atoms with Crippen LogP contribution in [0.2, 0.25) is 0 Å². The highest BCUT2D eigenvalue weighted by atomic mass is 79.9. The van der Waals surface area contributed by atoms with Gasteiger partial charge >= 0.3 is 0 Å². The van der Waals surface area contributed by atoms with Crippen molar-refractivity contribution in [3.8, 4) is 17.2 Å². The summed E-state index contributed by atoms with van der Waals surface area (Å²) in [6.45, 7) is 4.29. The normalized spacial score (nSPS) is 11.9. The summed E-state index contributed by atoms with van der Waals surface area (Å²) in [5.41, 5.74) is 0.770. The van der Waals surface area contributed by atoms with Crippen LogP contribution in [0.3, 0.4) is 0 Å². The zero-order valence-corrected chi connectivity index (χ0v) is 21.5. The summed E-state index contributed by atoms with van der Waals surface area (Å²) in [7, 11) is 3.09. The fraction of sp³-hybridized carbons (Fsp3) is 0.269. The molecule has 35 heavy (non-hydrogen) atoms. The molecule has 0 bridgehead atoms. The molecule has 9 heteroatoms. The van der Waals surface area contributed by atoms with Gasteiger partial charge in [-0.1, -0.05) is 19.1 Å². The monoisotopic (exact) mass is 539 g/mol. The first-order chi connectivity index (χ1) is 16.9. The first-order valence-corrected chi connectivity index (χ1v) is 12.0. The lowest BCUT2D eigenvalue weighted by molar-refractivity contribution is 0.0648. The molecule has 0 N–H and O–H groups in total. The lowest BCUT2D eigenvalue weighted by atomic mass is 10.1. The van der Waals surface area contributed by atoms with Gasteiger partial charge in [0.05, 0.1) is 47.6 Å². The van der Waals surface area contributed by atoms with Crippen LogP contribution in [0.15, 0.2) is 68.5 Å². The van der Waals surface area contributed by atoms with E-state index in [1.807, 2.05) is 19.9 Å². The Bertz CT molecular complexity index is 1410. The summed E-state index contributed by atoms with van der Waals surface area (Å²) >= 11 is 3.59. The van der Waals surface area contributed by atoms with Gasteiger partial charge in [-0.3, -0.25) is 14.2 Å². The molecule has 0 aliphatic heterocycles. The molecule has 2 aromatic carbocycles. The van der Waals surface area contributed by atoms with E-state index in [1.54, 1.807) is 61.6 Å². The molecule has 1 unspecified atom stereocenters. The highest BCUT2D eigenvalue weighted by molar-refractivity contribution is 9.10. The van der Waals surface area contributed by atoms with Crippen LogP contribution in [0, 0.1) is 0 Å². The third-order valence-corrected chi connectivity index (χ3v) is 6.59. The molecular weight excluding hydrogens is 514 g/mol. The van der Waals surface area contributed by atoms with Crippen molar-refractivity contribution in [3.05, 3.63) is 81.2 Å². The number of carbonyl (C=O) groups is 1. The number of para-hydroxylation sites is 1. The summed E-state index contributed by atoms with van der Waals surface area (Å²) in [6, 6.07) is 13.3. The molecule has 2 heterocycles. The first kappa shape index (κ1) is 24.5. The van der Waals surface area contributed by atoms with Crippen molar-refractivity contribution in [3.63, 3.8) is 0 Å². The van der Waals surface area contributed by atoms with Crippen LogP contribution in [0.5, 0.6) is 11.5 Å². The van der Waals surface area contributed by atoms with Crippen molar-refractivity contribution < 1.29 is 18.7 Å². The molecule has 4 aromatic rings. The Morgan fingerprint density at radius 1 is 1.17 bits per heavy atom. The molecule has 4 rings (SSSR count). The topological polar surface area (TPSA) is 86.8 Å². The third-order valence-electron chi connectivity index (χ3n) is 5.79. The number of ether oxygens (including phenoxy) is 2. The van der Waals surface area contributed by atoms with Crippen molar-refractivity contribution in [1.82, 2.24) is 14.5 Å². The maximum absolute atomic E-state index is 13.9. The lowest BCUT2D eigenvalue weighted by Gasteiger charge is -2.30. The number of aromatic nitrogens is 2. The molecule has 0 saturated heterocycles. The summed E-state index contributed by atoms with van der Waals surface area (Å²) < 4.78 is 18.4. The van der Waals surface area contributed by atoms with E-state index in [4.69, 9.17) is 18.9 Å². The Hall–Kier alpha value is -3.59. The Balaban J connectivity index is 2.00. The molecule has 1 amide bonds. The number of furan rings is 1. The second-order valence-corrected chi connectivity index (χ2v) is 8.74. The smallest absolute Gasteiger partial charge is 0.290 e. The Morgan fingerprint density at radius 3 is 2.60 bits per heavy atom. The average molecular weight is 540 g/mol. The highest BCUT2D eigenvalue weighted by Crippen LogP contribution is 2.37. The number of hydrogen-bond acceptors (Lipinski definition) is 6. The zero-order chi connectivity index (χ0) is 25.1. The van der Waals surface area contributed by atoms with Crippen molar-refractivity contribution >= 4 is 32.7 Å². The molecule has 0 radical (unpaired) electrons. The summed E-state index contributed by atoms with van der Waals surface area (Å²) in [4.78, 5) is 33.8. The van der Waals surface area contributed by atoms with Gasteiger partial charge in [-0.2, -0.15) is 0 Å². The summed E-state index contributed by atoms with van der Waals surface area (Å²) in [5.74, 6) is 1.36. The van der Waals surface area contributed by atoms with Crippen molar-refractivity contribution in [2.75, 3.05) is 20.8 Å². The fourth-order valence-corrected chi connectivity index (χ4v) is 4.61. The van der Waals surface area contributed by atoms with Crippen LogP contribution in [0.1, 0.15) is 42.7 Å². The van der Waals surface area contributed by atoms with E-state index in [1.165, 1.54) is 10.8 Å². The minimum atomic E-state index is -0.561. The fourth-order valence-electron chi connectivity index (χ4n) is 4.04. The van der Waals surface area contributed by atoms with Gasteiger partial charge < -0.3 is 18.8 Å². The zero-order valence-electron chi connectivity index (χ0n) is 19.9. The number of fused-ring (bicyclic) bond motifs is 1. The number of rotatable bonds is 8. The van der Waals surface area contributed by atoms with Crippen LogP contribution < -0.4 is 15.0 Å². The second kappa shape index (κ2) is 10.4. The van der Waals surface area contributed by atoms with E-state index in [-0.39, 0.29) is 17.2 Å². The maximum Gasteiger partial charge on any atom is 0.290 e. The third kappa shape index (κ3) is 4.55. The van der Waals surface area contributed by atoms with E-state index in [0.29, 0.717) is 51.4 Å². The van der Waals surface area contributed by atoms with Crippen LogP contribution >= 0.6 is 15.9 Å². The van der Waals surface area contributed by atoms with E-state index < -0.39 is 6.04 Å². The molecule has 2 aromatic heterocycles. The van der Waals surface area contributed by atoms with Crippen molar-refractivity contribution in [2.45, 2.75) is 26.3 Å². The molecule has 0 spiro atoms. The van der Waals surface area contributed by atoms with Crippen LogP contribution in [0.25, 0.3) is 16.6 Å². The van der Waals surface area contributed by atoms with Crippen LogP contribution in [0.4, 0.5) is 0 Å². The largest absolute Gasteiger partial charge is 0.497 e. The summed E-state index contributed by atoms with van der Waals surface area (Å²) in [6.07, 6.45) is 2.18. The minimum absolute atomic E-state index is 0.226. The standard InChI is InChI=1S/C26H26BrN3O5/c1-5-12-29(26(32)21-11-8-13-35-21)16(2)24-28-19-10-7-6-9-18(19)25(31)30(24)20-14-17(33-3)15-22(34-4)23(20)27/h6-11,13-16H,5,12H2,1-4H3. The minimum Gasteiger partial charge on any atom is -0.497 e. The molecule has 0 aliphatic carbocycles. The lowest BCUT2D eigenvalue weighted by Crippen LogP contribution is -2.38. The van der Waals surface area contributed by atoms with E-state index in [9.17, 15) is 9.59 Å². The Kier molecular flexibility index (Phi) is 7.25. The molecular formula is C26H26BrN3O5. The van der Waals surface area contributed by atoms with Gasteiger partial charge in [0, 0.05) is 18.7 Å². The highest BCUT2D eigenvalue weighted by Gasteiger charge is 2.29. The number of methoxy groups -OCH3 is 2. The number of halogens is 1. The van der Waals surface area contributed by atoms with E-state index in [2.05, 4.69) is 15.9 Å². The van der Waals surface area contributed by atoms with Gasteiger partial charge in [-0.25, -0.2) is 4.98 Å². The van der Waals surface area contributed by atoms with E-state index in [0.717, 1.165) is 0 Å². The Labute approximate surface area is 211 Å². The number of hydrogen-bond donors (Lipinski definition) is 0. The van der Waals surface area contributed by atoms with E-state index >= 15 is 0 Å². The first-order valence-electron chi connectivity index (χ1n) is 11.2. The van der Waals surface area contributed by atoms with Gasteiger partial charge in [0.15, 0.2) is 5.76 Å². The van der Waals surface area contributed by atoms with Crippen molar-refractivity contribution in [1.29, 1.82) is 0 Å². The van der Waals surface area contributed by atoms with Gasteiger partial charge in [0.2, 0.25) is 0 Å². The predicted octanol–water partition coefficient (Wildman–Crippen LogP) is 5.37. The molecule has 8 nitrogen and oxygen atoms in total. The number of carbonyl (C=O) groups excluding carboxylic acids is 1.